The second kappa shape index (κ2) is 7.94. The van der Waals surface area contributed by atoms with Crippen molar-refractivity contribution in [2.45, 2.75) is 37.8 Å². The molecule has 0 bridgehead atoms. The van der Waals surface area contributed by atoms with Gasteiger partial charge in [-0.2, -0.15) is 0 Å². The first kappa shape index (κ1) is 17.8. The molecule has 142 valence electrons. The second-order valence-electron chi connectivity index (χ2n) is 7.60. The lowest BCUT2D eigenvalue weighted by atomic mass is 9.75. The number of nitrogens with one attached hydrogen (secondary N) is 1. The summed E-state index contributed by atoms with van der Waals surface area (Å²) in [7, 11) is 0. The Morgan fingerprint density at radius 2 is 2.08 bits per heavy atom. The van der Waals surface area contributed by atoms with Gasteiger partial charge in [0.25, 0.3) is 0 Å². The second-order valence-corrected chi connectivity index (χ2v) is 7.60. The summed E-state index contributed by atoms with van der Waals surface area (Å²) in [5, 5.41) is 13.0. The molecule has 6 nitrogen and oxygen atoms in total. The monoisotopic (exact) mass is 360 g/mol. The minimum Gasteiger partial charge on any atom is -0.493 e. The van der Waals surface area contributed by atoms with Crippen LogP contribution in [0.3, 0.4) is 0 Å². The summed E-state index contributed by atoms with van der Waals surface area (Å²) in [6, 6.07) is 6.21. The first-order chi connectivity index (χ1) is 12.7. The van der Waals surface area contributed by atoms with Crippen LogP contribution in [0.15, 0.2) is 18.2 Å². The predicted molar refractivity (Wildman–Crippen MR) is 97.1 cm³/mol. The molecular formula is C20H28N2O4. The third kappa shape index (κ3) is 4.03. The Balaban J connectivity index is 1.39. The molecule has 1 aliphatic carbocycles. The smallest absolute Gasteiger partial charge is 0.221 e. The number of fused-ring (bicyclic) bond motifs is 1. The third-order valence-electron chi connectivity index (χ3n) is 5.77. The topological polar surface area (TPSA) is 71.0 Å². The van der Waals surface area contributed by atoms with Crippen molar-refractivity contribution in [2.24, 2.45) is 5.92 Å². The van der Waals surface area contributed by atoms with Crippen molar-refractivity contribution in [3.8, 4) is 5.75 Å². The fourth-order valence-corrected chi connectivity index (χ4v) is 4.11. The van der Waals surface area contributed by atoms with Gasteiger partial charge in [-0.1, -0.05) is 6.07 Å². The SMILES string of the molecule is O=C(CCN1CCOCC1)NC(c1ccc2c(c1)CCO2)C1CC(O)C1. The van der Waals surface area contributed by atoms with E-state index in [4.69, 9.17) is 9.47 Å². The first-order valence-corrected chi connectivity index (χ1v) is 9.72. The summed E-state index contributed by atoms with van der Waals surface area (Å²) in [5.41, 5.74) is 2.35. The molecule has 6 heteroatoms. The summed E-state index contributed by atoms with van der Waals surface area (Å²) in [6.45, 7) is 4.81. The van der Waals surface area contributed by atoms with Gasteiger partial charge in [-0.05, 0) is 42.0 Å². The van der Waals surface area contributed by atoms with Crippen LogP contribution in [0.2, 0.25) is 0 Å². The van der Waals surface area contributed by atoms with Gasteiger partial charge in [-0.25, -0.2) is 0 Å². The Kier molecular flexibility index (Phi) is 5.43. The van der Waals surface area contributed by atoms with Crippen molar-refractivity contribution in [3.05, 3.63) is 29.3 Å². The van der Waals surface area contributed by atoms with Crippen molar-refractivity contribution in [3.63, 3.8) is 0 Å². The van der Waals surface area contributed by atoms with E-state index in [9.17, 15) is 9.90 Å². The van der Waals surface area contributed by atoms with Crippen molar-refractivity contribution in [2.75, 3.05) is 39.5 Å². The number of benzene rings is 1. The van der Waals surface area contributed by atoms with Crippen LogP contribution in [0.1, 0.15) is 36.4 Å². The normalized spacial score (nSPS) is 26.5. The zero-order valence-electron chi connectivity index (χ0n) is 15.2. The molecule has 2 aliphatic heterocycles. The van der Waals surface area contributed by atoms with Crippen LogP contribution in [-0.4, -0.2) is 61.5 Å². The Morgan fingerprint density at radius 1 is 1.27 bits per heavy atom. The molecule has 2 heterocycles. The van der Waals surface area contributed by atoms with E-state index >= 15 is 0 Å². The minimum absolute atomic E-state index is 0.0264. The van der Waals surface area contributed by atoms with Gasteiger partial charge in [0.15, 0.2) is 0 Å². The molecule has 2 fully saturated rings. The fraction of sp³-hybridized carbons (Fsp3) is 0.650. The Labute approximate surface area is 154 Å². The molecule has 2 N–H and O–H groups in total. The zero-order chi connectivity index (χ0) is 17.9. The Morgan fingerprint density at radius 3 is 2.85 bits per heavy atom. The van der Waals surface area contributed by atoms with E-state index in [1.807, 2.05) is 6.07 Å². The maximum atomic E-state index is 12.6. The molecule has 0 aromatic heterocycles. The summed E-state index contributed by atoms with van der Waals surface area (Å²) < 4.78 is 10.9. The van der Waals surface area contributed by atoms with E-state index in [-0.39, 0.29) is 18.1 Å². The van der Waals surface area contributed by atoms with E-state index < -0.39 is 0 Å². The van der Waals surface area contributed by atoms with Crippen LogP contribution >= 0.6 is 0 Å². The van der Waals surface area contributed by atoms with E-state index in [0.29, 0.717) is 12.3 Å². The highest BCUT2D eigenvalue weighted by atomic mass is 16.5. The molecule has 4 rings (SSSR count). The van der Waals surface area contributed by atoms with Gasteiger partial charge in [0.05, 0.1) is 32.0 Å². The molecule has 1 aromatic rings. The molecule has 1 atom stereocenters. The maximum absolute atomic E-state index is 12.6. The Hall–Kier alpha value is -1.63. The first-order valence-electron chi connectivity index (χ1n) is 9.72. The van der Waals surface area contributed by atoms with Crippen molar-refractivity contribution >= 4 is 5.91 Å². The number of hydrogen-bond donors (Lipinski definition) is 2. The van der Waals surface area contributed by atoms with Gasteiger partial charge in [-0.3, -0.25) is 9.69 Å². The molecule has 3 aliphatic rings. The number of hydrogen-bond acceptors (Lipinski definition) is 5. The van der Waals surface area contributed by atoms with Gasteiger partial charge in [0.2, 0.25) is 5.91 Å². The molecule has 1 aromatic carbocycles. The Bertz CT molecular complexity index is 639. The van der Waals surface area contributed by atoms with E-state index in [2.05, 4.69) is 22.3 Å². The van der Waals surface area contributed by atoms with E-state index in [1.54, 1.807) is 0 Å². The number of nitrogens with zero attached hydrogens (tertiary/aromatic N) is 1. The average molecular weight is 360 g/mol. The highest BCUT2D eigenvalue weighted by Crippen LogP contribution is 2.39. The number of rotatable bonds is 6. The van der Waals surface area contributed by atoms with Crippen molar-refractivity contribution in [1.29, 1.82) is 0 Å². The molecule has 1 saturated heterocycles. The van der Waals surface area contributed by atoms with Gasteiger partial charge in [-0.15, -0.1) is 0 Å². The highest BCUT2D eigenvalue weighted by molar-refractivity contribution is 5.76. The predicted octanol–water partition coefficient (Wildman–Crippen LogP) is 1.27. The van der Waals surface area contributed by atoms with Crippen LogP contribution in [0, 0.1) is 5.92 Å². The lowest BCUT2D eigenvalue weighted by Crippen LogP contribution is -2.43. The number of carbonyl (C=O) groups is 1. The summed E-state index contributed by atoms with van der Waals surface area (Å²) in [4.78, 5) is 14.8. The van der Waals surface area contributed by atoms with Crippen molar-refractivity contribution in [1.82, 2.24) is 10.2 Å². The number of morpholine rings is 1. The summed E-state index contributed by atoms with van der Waals surface area (Å²) in [6.07, 6.45) is 2.70. The van der Waals surface area contributed by atoms with E-state index in [1.165, 1.54) is 5.56 Å². The van der Waals surface area contributed by atoms with E-state index in [0.717, 1.165) is 70.0 Å². The zero-order valence-corrected chi connectivity index (χ0v) is 15.2. The van der Waals surface area contributed by atoms with Crippen LogP contribution in [0.25, 0.3) is 0 Å². The number of carbonyl (C=O) groups excluding carboxylic acids is 1. The summed E-state index contributed by atoms with van der Waals surface area (Å²) in [5.74, 6) is 1.34. The third-order valence-corrected chi connectivity index (χ3v) is 5.77. The molecular weight excluding hydrogens is 332 g/mol. The molecule has 1 amide bonds. The van der Waals surface area contributed by atoms with Gasteiger partial charge < -0.3 is 19.9 Å². The number of amides is 1. The van der Waals surface area contributed by atoms with Gasteiger partial charge in [0.1, 0.15) is 5.75 Å². The molecule has 1 saturated carbocycles. The maximum Gasteiger partial charge on any atom is 0.221 e. The number of aliphatic hydroxyl groups is 1. The van der Waals surface area contributed by atoms with Crippen LogP contribution < -0.4 is 10.1 Å². The fourth-order valence-electron chi connectivity index (χ4n) is 4.11. The van der Waals surface area contributed by atoms with Crippen LogP contribution in [0.4, 0.5) is 0 Å². The molecule has 0 spiro atoms. The average Bonchev–Trinajstić information content (AvgIpc) is 3.11. The van der Waals surface area contributed by atoms with Gasteiger partial charge in [0, 0.05) is 32.5 Å². The van der Waals surface area contributed by atoms with Crippen LogP contribution in [-0.2, 0) is 16.0 Å². The highest BCUT2D eigenvalue weighted by Gasteiger charge is 2.36. The standard InChI is InChI=1S/C20H28N2O4/c23-17-12-16(13-17)20(15-1-2-18-14(11-15)4-8-26-18)21-19(24)3-5-22-6-9-25-10-7-22/h1-2,11,16-17,20,23H,3-10,12-13H2,(H,21,24). The minimum atomic E-state index is -0.231. The lowest BCUT2D eigenvalue weighted by molar-refractivity contribution is -0.123. The summed E-state index contributed by atoms with van der Waals surface area (Å²) >= 11 is 0. The van der Waals surface area contributed by atoms with Gasteiger partial charge >= 0.3 is 0 Å². The largest absolute Gasteiger partial charge is 0.493 e. The number of ether oxygens (including phenoxy) is 2. The number of aliphatic hydroxyl groups excluding tert-OH is 1. The molecule has 0 radical (unpaired) electrons. The quantitative estimate of drug-likeness (QED) is 0.800. The van der Waals surface area contributed by atoms with Crippen molar-refractivity contribution < 1.29 is 19.4 Å². The van der Waals surface area contributed by atoms with Crippen LogP contribution in [0.5, 0.6) is 5.75 Å². The molecule has 1 unspecified atom stereocenters. The lowest BCUT2D eigenvalue weighted by Gasteiger charge is -2.38. The molecule has 26 heavy (non-hydrogen) atoms.